The summed E-state index contributed by atoms with van der Waals surface area (Å²) in [5.41, 5.74) is 2.20. The van der Waals surface area contributed by atoms with E-state index in [9.17, 15) is 9.59 Å². The lowest BCUT2D eigenvalue weighted by Crippen LogP contribution is -2.07. The molecule has 0 aliphatic heterocycles. The van der Waals surface area contributed by atoms with Gasteiger partial charge in [0.25, 0.3) is 0 Å². The lowest BCUT2D eigenvalue weighted by molar-refractivity contribution is -0.114. The molecule has 2 rings (SSSR count). The Balaban J connectivity index is 2.61. The Morgan fingerprint density at radius 2 is 2.06 bits per heavy atom. The summed E-state index contributed by atoms with van der Waals surface area (Å²) in [4.78, 5) is 25.6. The van der Waals surface area contributed by atoms with E-state index in [2.05, 4.69) is 10.3 Å². The monoisotopic (exact) mass is 216 g/mol. The van der Waals surface area contributed by atoms with Gasteiger partial charge in [0, 0.05) is 29.8 Å². The Hall–Kier alpha value is -2.10. The normalized spacial score (nSPS) is 10.4. The van der Waals surface area contributed by atoms with Crippen molar-refractivity contribution in [3.8, 4) is 0 Å². The van der Waals surface area contributed by atoms with Crippen molar-refractivity contribution in [2.45, 2.75) is 13.8 Å². The molecule has 4 nitrogen and oxygen atoms in total. The maximum absolute atomic E-state index is 11.6. The number of carbonyl (C=O) groups is 1. The van der Waals surface area contributed by atoms with E-state index in [1.165, 1.54) is 6.92 Å². The molecular weight excluding hydrogens is 204 g/mol. The number of hydrogen-bond acceptors (Lipinski definition) is 2. The lowest BCUT2D eigenvalue weighted by atomic mass is 10.2. The van der Waals surface area contributed by atoms with Crippen molar-refractivity contribution in [2.24, 2.45) is 0 Å². The van der Waals surface area contributed by atoms with Crippen LogP contribution in [0.25, 0.3) is 10.9 Å². The first kappa shape index (κ1) is 10.4. The Labute approximate surface area is 92.3 Å². The van der Waals surface area contributed by atoms with E-state index in [1.807, 2.05) is 6.92 Å². The van der Waals surface area contributed by atoms with Crippen LogP contribution in [-0.2, 0) is 4.79 Å². The van der Waals surface area contributed by atoms with Gasteiger partial charge in [-0.1, -0.05) is 0 Å². The van der Waals surface area contributed by atoms with Crippen LogP contribution in [0.3, 0.4) is 0 Å². The number of fused-ring (bicyclic) bond motifs is 1. The van der Waals surface area contributed by atoms with Crippen LogP contribution in [0.5, 0.6) is 0 Å². The molecule has 1 amide bonds. The number of hydrogen-bond donors (Lipinski definition) is 2. The zero-order chi connectivity index (χ0) is 11.7. The highest BCUT2D eigenvalue weighted by molar-refractivity contribution is 5.92. The van der Waals surface area contributed by atoms with Crippen molar-refractivity contribution in [1.29, 1.82) is 0 Å². The average Bonchev–Trinajstić information content (AvgIpc) is 2.15. The molecule has 2 aromatic rings. The van der Waals surface area contributed by atoms with Crippen molar-refractivity contribution < 1.29 is 4.79 Å². The van der Waals surface area contributed by atoms with Gasteiger partial charge in [-0.15, -0.1) is 0 Å². The van der Waals surface area contributed by atoms with Crippen molar-refractivity contribution in [1.82, 2.24) is 4.98 Å². The topological polar surface area (TPSA) is 62.0 Å². The highest BCUT2D eigenvalue weighted by Gasteiger charge is 2.02. The van der Waals surface area contributed by atoms with Crippen molar-refractivity contribution in [2.75, 3.05) is 5.32 Å². The number of anilines is 1. The van der Waals surface area contributed by atoms with Crippen LogP contribution in [0.2, 0.25) is 0 Å². The quantitative estimate of drug-likeness (QED) is 0.763. The Kier molecular flexibility index (Phi) is 2.48. The fourth-order valence-corrected chi connectivity index (χ4v) is 1.67. The van der Waals surface area contributed by atoms with Gasteiger partial charge in [-0.2, -0.15) is 0 Å². The highest BCUT2D eigenvalue weighted by atomic mass is 16.1. The second-order valence-electron chi connectivity index (χ2n) is 3.76. The van der Waals surface area contributed by atoms with Crippen molar-refractivity contribution in [3.63, 3.8) is 0 Å². The number of pyridine rings is 1. The van der Waals surface area contributed by atoms with E-state index in [0.717, 1.165) is 11.2 Å². The minimum absolute atomic E-state index is 0.0133. The molecule has 0 saturated heterocycles. The number of amides is 1. The van der Waals surface area contributed by atoms with Crippen LogP contribution >= 0.6 is 0 Å². The Bertz CT molecular complexity index is 614. The summed E-state index contributed by atoms with van der Waals surface area (Å²) in [7, 11) is 0. The molecule has 4 heteroatoms. The summed E-state index contributed by atoms with van der Waals surface area (Å²) in [5.74, 6) is -0.130. The minimum atomic E-state index is -0.130. The van der Waals surface area contributed by atoms with Gasteiger partial charge < -0.3 is 10.3 Å². The van der Waals surface area contributed by atoms with E-state index in [4.69, 9.17) is 0 Å². The van der Waals surface area contributed by atoms with Crippen LogP contribution in [0, 0.1) is 6.92 Å². The number of benzene rings is 1. The summed E-state index contributed by atoms with van der Waals surface area (Å²) >= 11 is 0. The molecule has 0 radical (unpaired) electrons. The average molecular weight is 216 g/mol. The Morgan fingerprint density at radius 1 is 1.31 bits per heavy atom. The molecule has 0 unspecified atom stereocenters. The van der Waals surface area contributed by atoms with Gasteiger partial charge in [-0.25, -0.2) is 0 Å². The molecule has 1 aromatic heterocycles. The SMILES string of the molecule is CC(=O)Nc1ccc2c(=O)cc(C)[nH]c2c1. The van der Waals surface area contributed by atoms with Crippen LogP contribution in [-0.4, -0.2) is 10.9 Å². The van der Waals surface area contributed by atoms with Gasteiger partial charge in [-0.05, 0) is 25.1 Å². The molecular formula is C12H12N2O2. The number of H-pyrrole nitrogens is 1. The molecule has 1 heterocycles. The third kappa shape index (κ3) is 1.95. The molecule has 0 saturated carbocycles. The summed E-state index contributed by atoms with van der Waals surface area (Å²) in [6, 6.07) is 6.73. The maximum atomic E-state index is 11.6. The van der Waals surface area contributed by atoms with E-state index >= 15 is 0 Å². The third-order valence-corrected chi connectivity index (χ3v) is 2.28. The first-order chi connectivity index (χ1) is 7.56. The molecule has 0 bridgehead atoms. The van der Waals surface area contributed by atoms with Crippen molar-refractivity contribution in [3.05, 3.63) is 40.2 Å². The predicted octanol–water partition coefficient (Wildman–Crippen LogP) is 1.79. The third-order valence-electron chi connectivity index (χ3n) is 2.28. The molecule has 0 spiro atoms. The van der Waals surface area contributed by atoms with Crippen molar-refractivity contribution >= 4 is 22.5 Å². The molecule has 2 N–H and O–H groups in total. The molecule has 0 fully saturated rings. The molecule has 0 aliphatic carbocycles. The largest absolute Gasteiger partial charge is 0.358 e. The summed E-state index contributed by atoms with van der Waals surface area (Å²) in [5, 5.41) is 3.30. The molecule has 1 aromatic carbocycles. The second kappa shape index (κ2) is 3.81. The number of carbonyl (C=O) groups excluding carboxylic acids is 1. The van der Waals surface area contributed by atoms with Gasteiger partial charge in [0.15, 0.2) is 5.43 Å². The van der Waals surface area contributed by atoms with E-state index in [0.29, 0.717) is 11.1 Å². The highest BCUT2D eigenvalue weighted by Crippen LogP contribution is 2.15. The van der Waals surface area contributed by atoms with Gasteiger partial charge in [0.2, 0.25) is 5.91 Å². The van der Waals surface area contributed by atoms with Crippen LogP contribution in [0.4, 0.5) is 5.69 Å². The van der Waals surface area contributed by atoms with E-state index < -0.39 is 0 Å². The van der Waals surface area contributed by atoms with Crippen LogP contribution in [0.15, 0.2) is 29.1 Å². The van der Waals surface area contributed by atoms with Gasteiger partial charge in [0.05, 0.1) is 5.52 Å². The lowest BCUT2D eigenvalue weighted by Gasteiger charge is -2.04. The maximum Gasteiger partial charge on any atom is 0.221 e. The van der Waals surface area contributed by atoms with Gasteiger partial charge in [-0.3, -0.25) is 9.59 Å². The number of aromatic amines is 1. The fourth-order valence-electron chi connectivity index (χ4n) is 1.67. The molecule has 0 atom stereocenters. The van der Waals surface area contributed by atoms with Crippen LogP contribution in [0.1, 0.15) is 12.6 Å². The summed E-state index contributed by atoms with van der Waals surface area (Å²) in [6.45, 7) is 3.27. The fraction of sp³-hybridized carbons (Fsp3) is 0.167. The standard InChI is InChI=1S/C12H12N2O2/c1-7-5-12(16)10-4-3-9(14-8(2)15)6-11(10)13-7/h3-6H,1-2H3,(H,13,16)(H,14,15). The first-order valence-corrected chi connectivity index (χ1v) is 4.97. The predicted molar refractivity (Wildman–Crippen MR) is 63.6 cm³/mol. The number of rotatable bonds is 1. The number of nitrogens with one attached hydrogen (secondary N) is 2. The Morgan fingerprint density at radius 3 is 2.75 bits per heavy atom. The van der Waals surface area contributed by atoms with E-state index in [-0.39, 0.29) is 11.3 Å². The van der Waals surface area contributed by atoms with Gasteiger partial charge >= 0.3 is 0 Å². The second-order valence-corrected chi connectivity index (χ2v) is 3.76. The molecule has 82 valence electrons. The first-order valence-electron chi connectivity index (χ1n) is 4.97. The molecule has 0 aliphatic rings. The zero-order valence-electron chi connectivity index (χ0n) is 9.13. The summed E-state index contributed by atoms with van der Waals surface area (Å²) < 4.78 is 0. The minimum Gasteiger partial charge on any atom is -0.358 e. The summed E-state index contributed by atoms with van der Waals surface area (Å²) in [6.07, 6.45) is 0. The van der Waals surface area contributed by atoms with E-state index in [1.54, 1.807) is 24.3 Å². The molecule has 16 heavy (non-hydrogen) atoms. The smallest absolute Gasteiger partial charge is 0.221 e. The number of aromatic nitrogens is 1. The zero-order valence-corrected chi connectivity index (χ0v) is 9.13. The number of aryl methyl sites for hydroxylation is 1. The van der Waals surface area contributed by atoms with Gasteiger partial charge in [0.1, 0.15) is 0 Å². The van der Waals surface area contributed by atoms with Crippen LogP contribution < -0.4 is 10.7 Å².